The number of hydrogen-bond acceptors (Lipinski definition) is 2. The van der Waals surface area contributed by atoms with Crippen LogP contribution in [0.2, 0.25) is 0 Å². The summed E-state index contributed by atoms with van der Waals surface area (Å²) < 4.78 is 2.67. The van der Waals surface area contributed by atoms with Crippen LogP contribution in [0.3, 0.4) is 0 Å². The molecule has 8 aromatic carbocycles. The zero-order chi connectivity index (χ0) is 37.8. The van der Waals surface area contributed by atoms with E-state index in [2.05, 4.69) is 209 Å². The van der Waals surface area contributed by atoms with Gasteiger partial charge in [0.25, 0.3) is 0 Å². The molecule has 2 aliphatic rings. The second kappa shape index (κ2) is 12.1. The molecule has 0 spiro atoms. The van der Waals surface area contributed by atoms with Gasteiger partial charge in [-0.05, 0) is 104 Å². The topological polar surface area (TPSA) is 3.24 Å². The molecule has 0 bridgehead atoms. The number of anilines is 3. The lowest BCUT2D eigenvalue weighted by atomic mass is 9.81. The highest BCUT2D eigenvalue weighted by Crippen LogP contribution is 2.58. The molecule has 0 unspecified atom stereocenters. The fraction of sp³-hybridized carbons (Fsp3) is 0.111. The van der Waals surface area contributed by atoms with Crippen molar-refractivity contribution in [1.29, 1.82) is 0 Å². The van der Waals surface area contributed by atoms with Crippen molar-refractivity contribution < 1.29 is 0 Å². The van der Waals surface area contributed by atoms with E-state index >= 15 is 0 Å². The summed E-state index contributed by atoms with van der Waals surface area (Å²) in [6.45, 7) is 9.60. The van der Waals surface area contributed by atoms with Gasteiger partial charge in [0.05, 0.1) is 5.69 Å². The molecule has 0 saturated heterocycles. The van der Waals surface area contributed by atoms with E-state index < -0.39 is 0 Å². The van der Waals surface area contributed by atoms with Gasteiger partial charge in [-0.3, -0.25) is 0 Å². The van der Waals surface area contributed by atoms with Crippen molar-refractivity contribution >= 4 is 48.6 Å². The van der Waals surface area contributed by atoms with Gasteiger partial charge in [-0.15, -0.1) is 11.3 Å². The Morgan fingerprint density at radius 3 is 1.73 bits per heavy atom. The van der Waals surface area contributed by atoms with E-state index in [1.807, 2.05) is 11.3 Å². The molecular weight excluding hydrogens is 695 g/mol. The molecule has 1 aromatic heterocycles. The average molecular weight is 736 g/mol. The van der Waals surface area contributed by atoms with E-state index in [1.165, 1.54) is 98.3 Å². The lowest BCUT2D eigenvalue weighted by Gasteiger charge is -2.31. The van der Waals surface area contributed by atoms with Gasteiger partial charge in [0.15, 0.2) is 0 Å². The summed E-state index contributed by atoms with van der Waals surface area (Å²) in [5.74, 6) is 0. The Hall–Kier alpha value is -6.22. The molecule has 1 heterocycles. The Kier molecular flexibility index (Phi) is 7.18. The van der Waals surface area contributed by atoms with Gasteiger partial charge in [-0.1, -0.05) is 161 Å². The molecule has 1 nitrogen and oxygen atoms in total. The first-order valence-corrected chi connectivity index (χ1v) is 20.5. The van der Waals surface area contributed by atoms with Gasteiger partial charge in [-0.2, -0.15) is 0 Å². The maximum atomic E-state index is 2.55. The monoisotopic (exact) mass is 735 g/mol. The minimum atomic E-state index is -0.209. The molecule has 0 aliphatic heterocycles. The minimum absolute atomic E-state index is 0.118. The zero-order valence-corrected chi connectivity index (χ0v) is 32.9. The van der Waals surface area contributed by atoms with Crippen molar-refractivity contribution in [1.82, 2.24) is 0 Å². The molecule has 0 amide bonds. The van der Waals surface area contributed by atoms with E-state index in [1.54, 1.807) is 0 Å². The summed E-state index contributed by atoms with van der Waals surface area (Å²) in [5.41, 5.74) is 19.1. The fourth-order valence-corrected chi connectivity index (χ4v) is 11.0. The van der Waals surface area contributed by atoms with E-state index in [-0.39, 0.29) is 10.8 Å². The van der Waals surface area contributed by atoms with Gasteiger partial charge >= 0.3 is 0 Å². The van der Waals surface area contributed by atoms with Gasteiger partial charge in [-0.25, -0.2) is 0 Å². The third-order valence-electron chi connectivity index (χ3n) is 12.7. The predicted molar refractivity (Wildman–Crippen MR) is 240 cm³/mol. The lowest BCUT2D eigenvalue weighted by molar-refractivity contribution is 0.660. The SMILES string of the molecule is CC1(C)c2ccccc2-c2ccc(N(c3ccc(-c4ccccc4)cc3)c3cc4c(c5sc6ccccc6c35)-c3ccc(-c5ccccc5)cc3C4(C)C)cc21. The number of rotatable bonds is 5. The quantitative estimate of drug-likeness (QED) is 0.170. The average Bonchev–Trinajstić information content (AvgIpc) is 3.82. The molecule has 2 heteroatoms. The number of fused-ring (bicyclic) bond motifs is 10. The molecule has 0 saturated carbocycles. The lowest BCUT2D eigenvalue weighted by Crippen LogP contribution is -2.18. The summed E-state index contributed by atoms with van der Waals surface area (Å²) in [5, 5.41) is 2.62. The minimum Gasteiger partial charge on any atom is -0.310 e. The Morgan fingerprint density at radius 1 is 0.411 bits per heavy atom. The second-order valence-corrected chi connectivity index (χ2v) is 17.6. The molecule has 2 aliphatic carbocycles. The summed E-state index contributed by atoms with van der Waals surface area (Å²) in [7, 11) is 0. The first-order chi connectivity index (χ1) is 27.3. The smallest absolute Gasteiger partial charge is 0.0558 e. The third kappa shape index (κ3) is 4.79. The van der Waals surface area contributed by atoms with Crippen LogP contribution >= 0.6 is 11.3 Å². The highest BCUT2D eigenvalue weighted by molar-refractivity contribution is 7.26. The molecular formula is C54H41NS. The fourth-order valence-electron chi connectivity index (χ4n) is 9.74. The Bertz CT molecular complexity index is 3000. The summed E-state index contributed by atoms with van der Waals surface area (Å²) >= 11 is 1.94. The van der Waals surface area contributed by atoms with Crippen LogP contribution in [0.15, 0.2) is 176 Å². The van der Waals surface area contributed by atoms with Gasteiger partial charge < -0.3 is 4.90 Å². The van der Waals surface area contributed by atoms with Crippen LogP contribution in [0, 0.1) is 0 Å². The zero-order valence-electron chi connectivity index (χ0n) is 32.1. The van der Waals surface area contributed by atoms with E-state index in [4.69, 9.17) is 0 Å². The molecule has 11 rings (SSSR count). The van der Waals surface area contributed by atoms with Crippen molar-refractivity contribution in [3.8, 4) is 44.5 Å². The maximum Gasteiger partial charge on any atom is 0.0558 e. The maximum absolute atomic E-state index is 2.55. The molecule has 0 atom stereocenters. The van der Waals surface area contributed by atoms with Crippen molar-refractivity contribution in [2.45, 2.75) is 38.5 Å². The molecule has 268 valence electrons. The summed E-state index contributed by atoms with van der Waals surface area (Å²) in [6.07, 6.45) is 0. The van der Waals surface area contributed by atoms with Gasteiger partial charge in [0.2, 0.25) is 0 Å². The molecule has 56 heavy (non-hydrogen) atoms. The van der Waals surface area contributed by atoms with Crippen LogP contribution in [0.25, 0.3) is 64.7 Å². The Balaban J connectivity index is 1.18. The molecule has 0 fully saturated rings. The van der Waals surface area contributed by atoms with Gasteiger partial charge in [0, 0.05) is 47.9 Å². The predicted octanol–water partition coefficient (Wildman–Crippen LogP) is 15.5. The number of thiophene rings is 1. The second-order valence-electron chi connectivity index (χ2n) is 16.5. The van der Waals surface area contributed by atoms with Crippen molar-refractivity contribution in [3.63, 3.8) is 0 Å². The van der Waals surface area contributed by atoms with Crippen LogP contribution in [0.5, 0.6) is 0 Å². The van der Waals surface area contributed by atoms with E-state index in [9.17, 15) is 0 Å². The Labute approximate surface area is 333 Å². The first-order valence-electron chi connectivity index (χ1n) is 19.7. The summed E-state index contributed by atoms with van der Waals surface area (Å²) in [4.78, 5) is 2.55. The normalized spacial score (nSPS) is 14.4. The van der Waals surface area contributed by atoms with Crippen LogP contribution < -0.4 is 4.90 Å². The standard InChI is InChI=1S/C54H41NS/c1-53(2)44-21-13-11-19-40(44)41-30-28-39(32-46(41)53)55(38-26-23-36(24-27-38)34-15-7-5-8-16-34)48-33-47-50(52-51(48)43-20-12-14-22-49(43)56-52)42-29-25-37(31-45(42)54(47,3)4)35-17-9-6-10-18-35/h5-33H,1-4H3. The van der Waals surface area contributed by atoms with Crippen molar-refractivity contribution in [2.75, 3.05) is 4.90 Å². The van der Waals surface area contributed by atoms with Crippen molar-refractivity contribution in [3.05, 3.63) is 198 Å². The highest BCUT2D eigenvalue weighted by Gasteiger charge is 2.40. The Morgan fingerprint density at radius 2 is 0.964 bits per heavy atom. The molecule has 0 radical (unpaired) electrons. The first kappa shape index (κ1) is 33.1. The highest BCUT2D eigenvalue weighted by atomic mass is 32.1. The number of hydrogen-bond donors (Lipinski definition) is 0. The van der Waals surface area contributed by atoms with Crippen LogP contribution in [0.1, 0.15) is 49.9 Å². The van der Waals surface area contributed by atoms with Gasteiger partial charge in [0.1, 0.15) is 0 Å². The van der Waals surface area contributed by atoms with Crippen LogP contribution in [-0.2, 0) is 10.8 Å². The van der Waals surface area contributed by atoms with Crippen LogP contribution in [-0.4, -0.2) is 0 Å². The molecule has 9 aromatic rings. The van der Waals surface area contributed by atoms with Crippen molar-refractivity contribution in [2.24, 2.45) is 0 Å². The largest absolute Gasteiger partial charge is 0.310 e. The van der Waals surface area contributed by atoms with Crippen LogP contribution in [0.4, 0.5) is 17.1 Å². The third-order valence-corrected chi connectivity index (χ3v) is 13.9. The molecule has 0 N–H and O–H groups in total. The van der Waals surface area contributed by atoms with E-state index in [0.29, 0.717) is 0 Å². The number of benzene rings is 8. The van der Waals surface area contributed by atoms with E-state index in [0.717, 1.165) is 5.69 Å². The summed E-state index contributed by atoms with van der Waals surface area (Å²) in [6, 6.07) is 65.5. The number of nitrogens with zero attached hydrogens (tertiary/aromatic N) is 1.